The average molecular weight is 393 g/mol. The van der Waals surface area contributed by atoms with Crippen molar-refractivity contribution in [3.05, 3.63) is 58.1 Å². The smallest absolute Gasteiger partial charge is 0.282 e. The highest BCUT2D eigenvalue weighted by Gasteiger charge is 2.30. The number of nitrogens with one attached hydrogen (secondary N) is 2. The van der Waals surface area contributed by atoms with E-state index in [1.165, 1.54) is 4.90 Å². The lowest BCUT2D eigenvalue weighted by atomic mass is 10.1. The minimum Gasteiger partial charge on any atom is -0.359 e. The fourth-order valence-electron chi connectivity index (χ4n) is 3.33. The second kappa shape index (κ2) is 8.30. The molecule has 1 aliphatic rings. The van der Waals surface area contributed by atoms with Crippen LogP contribution in [0.25, 0.3) is 0 Å². The van der Waals surface area contributed by atoms with Crippen LogP contribution < -0.4 is 15.1 Å². The molecule has 4 nitrogen and oxygen atoms in total. The van der Waals surface area contributed by atoms with Crippen molar-refractivity contribution in [1.82, 2.24) is 0 Å². The van der Waals surface area contributed by atoms with Crippen LogP contribution in [-0.2, 0) is 4.79 Å². The number of benzene rings is 2. The molecule has 138 valence electrons. The minimum atomic E-state index is -0.123. The first-order valence-electron chi connectivity index (χ1n) is 8.87. The molecule has 0 bridgehead atoms. The molecule has 2 aromatic rings. The molecule has 0 radical (unpaired) electrons. The summed E-state index contributed by atoms with van der Waals surface area (Å²) in [6, 6.07) is 13.3. The van der Waals surface area contributed by atoms with Crippen molar-refractivity contribution in [3.8, 4) is 0 Å². The Hall–Kier alpha value is -1.75. The van der Waals surface area contributed by atoms with Crippen LogP contribution in [0.4, 0.5) is 11.4 Å². The summed E-state index contributed by atoms with van der Waals surface area (Å²) < 4.78 is 0. The van der Waals surface area contributed by atoms with Crippen molar-refractivity contribution >= 4 is 40.5 Å². The van der Waals surface area contributed by atoms with Gasteiger partial charge in [0.2, 0.25) is 0 Å². The van der Waals surface area contributed by atoms with E-state index in [2.05, 4.69) is 10.2 Å². The van der Waals surface area contributed by atoms with Gasteiger partial charge in [0.15, 0.2) is 6.04 Å². The third-order valence-electron chi connectivity index (χ3n) is 5.06. The number of nitrogens with zero attached hydrogens (tertiary/aromatic N) is 1. The Labute approximate surface area is 164 Å². The van der Waals surface area contributed by atoms with Crippen LogP contribution in [0.5, 0.6) is 0 Å². The van der Waals surface area contributed by atoms with Crippen molar-refractivity contribution in [2.75, 3.05) is 36.4 Å². The van der Waals surface area contributed by atoms with Gasteiger partial charge in [-0.1, -0.05) is 41.4 Å². The lowest BCUT2D eigenvalue weighted by molar-refractivity contribution is -0.914. The predicted octanol–water partition coefficient (Wildman–Crippen LogP) is 3.03. The number of para-hydroxylation sites is 1. The van der Waals surface area contributed by atoms with E-state index >= 15 is 0 Å². The summed E-state index contributed by atoms with van der Waals surface area (Å²) >= 11 is 12.3. The molecule has 1 aliphatic heterocycles. The van der Waals surface area contributed by atoms with Gasteiger partial charge in [-0.2, -0.15) is 0 Å². The van der Waals surface area contributed by atoms with E-state index in [0.29, 0.717) is 5.02 Å². The summed E-state index contributed by atoms with van der Waals surface area (Å²) in [6.45, 7) is 7.50. The molecule has 0 saturated carbocycles. The number of rotatable bonds is 4. The molecule has 0 unspecified atom stereocenters. The molecule has 1 atom stereocenters. The zero-order valence-corrected chi connectivity index (χ0v) is 16.6. The van der Waals surface area contributed by atoms with Gasteiger partial charge in [0.05, 0.1) is 36.9 Å². The van der Waals surface area contributed by atoms with Crippen LogP contribution in [-0.4, -0.2) is 38.1 Å². The van der Waals surface area contributed by atoms with Gasteiger partial charge in [-0.15, -0.1) is 0 Å². The first kappa shape index (κ1) is 19.0. The van der Waals surface area contributed by atoms with Crippen LogP contribution in [0, 0.1) is 6.92 Å². The maximum Gasteiger partial charge on any atom is 0.282 e. The number of piperazine rings is 1. The van der Waals surface area contributed by atoms with E-state index in [0.717, 1.165) is 48.1 Å². The molecule has 1 fully saturated rings. The molecule has 6 heteroatoms. The highest BCUT2D eigenvalue weighted by atomic mass is 35.5. The SMILES string of the molecule is Cc1ccc(Cl)cc1NC(=O)[C@@H](C)[NH+]1CCN(c2ccccc2Cl)CC1. The molecule has 1 amide bonds. The van der Waals surface area contributed by atoms with Crippen molar-refractivity contribution in [3.63, 3.8) is 0 Å². The molecule has 26 heavy (non-hydrogen) atoms. The Morgan fingerprint density at radius 2 is 1.85 bits per heavy atom. The van der Waals surface area contributed by atoms with Crippen molar-refractivity contribution in [1.29, 1.82) is 0 Å². The topological polar surface area (TPSA) is 36.8 Å². The van der Waals surface area contributed by atoms with Crippen molar-refractivity contribution in [2.45, 2.75) is 19.9 Å². The quantitative estimate of drug-likeness (QED) is 0.838. The second-order valence-electron chi connectivity index (χ2n) is 6.77. The number of halogens is 2. The fraction of sp³-hybridized carbons (Fsp3) is 0.350. The predicted molar refractivity (Wildman–Crippen MR) is 109 cm³/mol. The van der Waals surface area contributed by atoms with E-state index in [1.807, 2.05) is 50.2 Å². The summed E-state index contributed by atoms with van der Waals surface area (Å²) in [7, 11) is 0. The number of aryl methyl sites for hydroxylation is 1. The second-order valence-corrected chi connectivity index (χ2v) is 7.61. The number of hydrogen-bond donors (Lipinski definition) is 2. The van der Waals surface area contributed by atoms with Crippen LogP contribution in [0.2, 0.25) is 10.0 Å². The highest BCUT2D eigenvalue weighted by molar-refractivity contribution is 6.33. The summed E-state index contributed by atoms with van der Waals surface area (Å²) in [4.78, 5) is 16.2. The lowest BCUT2D eigenvalue weighted by Crippen LogP contribution is -3.19. The zero-order valence-electron chi connectivity index (χ0n) is 15.1. The minimum absolute atomic E-state index is 0.0246. The maximum atomic E-state index is 12.7. The van der Waals surface area contributed by atoms with Crippen LogP contribution in [0.15, 0.2) is 42.5 Å². The van der Waals surface area contributed by atoms with Gasteiger partial charge in [0, 0.05) is 10.7 Å². The zero-order chi connectivity index (χ0) is 18.7. The van der Waals surface area contributed by atoms with E-state index in [1.54, 1.807) is 6.07 Å². The van der Waals surface area contributed by atoms with Gasteiger partial charge < -0.3 is 15.1 Å². The van der Waals surface area contributed by atoms with E-state index in [4.69, 9.17) is 23.2 Å². The molecule has 0 aromatic heterocycles. The Morgan fingerprint density at radius 3 is 2.54 bits per heavy atom. The van der Waals surface area contributed by atoms with Crippen LogP contribution in [0.3, 0.4) is 0 Å². The van der Waals surface area contributed by atoms with Crippen molar-refractivity contribution < 1.29 is 9.69 Å². The number of carbonyl (C=O) groups is 1. The highest BCUT2D eigenvalue weighted by Crippen LogP contribution is 2.25. The molecule has 2 N–H and O–H groups in total. The summed E-state index contributed by atoms with van der Waals surface area (Å²) in [5.74, 6) is 0.0246. The number of amides is 1. The van der Waals surface area contributed by atoms with Gasteiger partial charge >= 0.3 is 0 Å². The lowest BCUT2D eigenvalue weighted by Gasteiger charge is -2.36. The van der Waals surface area contributed by atoms with Crippen molar-refractivity contribution in [2.24, 2.45) is 0 Å². The van der Waals surface area contributed by atoms with Crippen LogP contribution in [0.1, 0.15) is 12.5 Å². The molecule has 1 heterocycles. The Bertz CT molecular complexity index is 788. The molecular formula is C20H24Cl2N3O+. The van der Waals surface area contributed by atoms with Crippen LogP contribution >= 0.6 is 23.2 Å². The van der Waals surface area contributed by atoms with E-state index in [9.17, 15) is 4.79 Å². The van der Waals surface area contributed by atoms with Gasteiger partial charge in [0.25, 0.3) is 5.91 Å². The normalized spacial score (nSPS) is 16.4. The third kappa shape index (κ3) is 4.32. The Morgan fingerprint density at radius 1 is 1.15 bits per heavy atom. The first-order chi connectivity index (χ1) is 12.5. The fourth-order valence-corrected chi connectivity index (χ4v) is 3.76. The number of carbonyl (C=O) groups excluding carboxylic acids is 1. The summed E-state index contributed by atoms with van der Waals surface area (Å²) in [5.41, 5.74) is 2.86. The number of anilines is 2. The molecule has 3 rings (SSSR count). The van der Waals surface area contributed by atoms with Gasteiger partial charge in [-0.05, 0) is 43.7 Å². The summed E-state index contributed by atoms with van der Waals surface area (Å²) in [6.07, 6.45) is 0. The van der Waals surface area contributed by atoms with E-state index in [-0.39, 0.29) is 11.9 Å². The Balaban J connectivity index is 1.59. The monoisotopic (exact) mass is 392 g/mol. The van der Waals surface area contributed by atoms with E-state index < -0.39 is 0 Å². The van der Waals surface area contributed by atoms with Gasteiger partial charge in [0.1, 0.15) is 0 Å². The third-order valence-corrected chi connectivity index (χ3v) is 5.62. The molecule has 0 aliphatic carbocycles. The molecule has 1 saturated heterocycles. The van der Waals surface area contributed by atoms with Gasteiger partial charge in [-0.3, -0.25) is 4.79 Å². The first-order valence-corrected chi connectivity index (χ1v) is 9.62. The molecular weight excluding hydrogens is 369 g/mol. The standard InChI is InChI=1S/C20H23Cl2N3O/c1-14-7-8-16(21)13-18(14)23-20(26)15(2)24-9-11-25(12-10-24)19-6-4-3-5-17(19)22/h3-8,13,15H,9-12H2,1-2H3,(H,23,26)/p+1/t15-/m1/s1. The maximum absolute atomic E-state index is 12.7. The largest absolute Gasteiger partial charge is 0.359 e. The summed E-state index contributed by atoms with van der Waals surface area (Å²) in [5, 5.41) is 4.42. The molecule has 0 spiro atoms. The number of quaternary nitrogens is 1. The number of hydrogen-bond acceptors (Lipinski definition) is 2. The average Bonchev–Trinajstić information content (AvgIpc) is 2.64. The van der Waals surface area contributed by atoms with Gasteiger partial charge in [-0.25, -0.2) is 0 Å². The molecule has 2 aromatic carbocycles. The Kier molecular flexibility index (Phi) is 6.07.